The summed E-state index contributed by atoms with van der Waals surface area (Å²) >= 11 is 0. The standard InChI is InChI=1S/C23H15FN2O5/c24-18-10-8-16(9-11-18)22-25-20(23(27)31-22)13-17-5-1-2-7-21(17)30-14-15-4-3-6-19(12-15)26(28)29/h1-13H,14H2/b20-13-. The minimum absolute atomic E-state index is 0.0205. The van der Waals surface area contributed by atoms with E-state index in [1.807, 2.05) is 0 Å². The molecule has 0 fully saturated rings. The number of nitro groups is 1. The van der Waals surface area contributed by atoms with Gasteiger partial charge in [-0.15, -0.1) is 0 Å². The molecule has 0 atom stereocenters. The van der Waals surface area contributed by atoms with E-state index in [2.05, 4.69) is 4.99 Å². The van der Waals surface area contributed by atoms with Crippen LogP contribution >= 0.6 is 0 Å². The Balaban J connectivity index is 1.56. The predicted octanol–water partition coefficient (Wildman–Crippen LogP) is 4.66. The predicted molar refractivity (Wildman–Crippen MR) is 111 cm³/mol. The van der Waals surface area contributed by atoms with Crippen LogP contribution in [0.2, 0.25) is 0 Å². The lowest BCUT2D eigenvalue weighted by Gasteiger charge is -2.09. The number of rotatable bonds is 6. The van der Waals surface area contributed by atoms with E-state index in [9.17, 15) is 19.3 Å². The molecule has 0 aliphatic carbocycles. The Morgan fingerprint density at radius 2 is 1.84 bits per heavy atom. The van der Waals surface area contributed by atoms with Crippen molar-refractivity contribution < 1.29 is 23.6 Å². The number of hydrogen-bond donors (Lipinski definition) is 0. The molecule has 31 heavy (non-hydrogen) atoms. The quantitative estimate of drug-likeness (QED) is 0.251. The lowest BCUT2D eigenvalue weighted by molar-refractivity contribution is -0.384. The van der Waals surface area contributed by atoms with Gasteiger partial charge in [-0.2, -0.15) is 0 Å². The molecule has 0 radical (unpaired) electrons. The molecule has 1 aliphatic heterocycles. The summed E-state index contributed by atoms with van der Waals surface area (Å²) in [5.74, 6) is -0.474. The third-order valence-corrected chi connectivity index (χ3v) is 4.44. The zero-order valence-corrected chi connectivity index (χ0v) is 16.0. The number of carbonyl (C=O) groups is 1. The lowest BCUT2D eigenvalue weighted by Crippen LogP contribution is -2.05. The highest BCUT2D eigenvalue weighted by Crippen LogP contribution is 2.26. The van der Waals surface area contributed by atoms with Gasteiger partial charge in [-0.1, -0.05) is 30.3 Å². The molecular formula is C23H15FN2O5. The van der Waals surface area contributed by atoms with Crippen molar-refractivity contribution in [2.24, 2.45) is 4.99 Å². The first-order chi connectivity index (χ1) is 15.0. The van der Waals surface area contributed by atoms with Crippen molar-refractivity contribution in [3.05, 3.63) is 111 Å². The third-order valence-electron chi connectivity index (χ3n) is 4.44. The molecule has 1 heterocycles. The summed E-state index contributed by atoms with van der Waals surface area (Å²) in [4.78, 5) is 26.9. The largest absolute Gasteiger partial charge is 0.488 e. The Labute approximate surface area is 176 Å². The van der Waals surface area contributed by atoms with Crippen molar-refractivity contribution in [2.75, 3.05) is 0 Å². The molecule has 7 nitrogen and oxygen atoms in total. The fourth-order valence-electron chi connectivity index (χ4n) is 2.92. The maximum Gasteiger partial charge on any atom is 0.363 e. The maximum absolute atomic E-state index is 13.1. The molecule has 0 spiro atoms. The monoisotopic (exact) mass is 418 g/mol. The molecule has 0 saturated carbocycles. The average Bonchev–Trinajstić information content (AvgIpc) is 3.14. The highest BCUT2D eigenvalue weighted by molar-refractivity contribution is 6.12. The molecule has 154 valence electrons. The Bertz CT molecular complexity index is 1220. The number of non-ortho nitro benzene ring substituents is 1. The maximum atomic E-state index is 13.1. The van der Waals surface area contributed by atoms with Gasteiger partial charge in [0.25, 0.3) is 5.69 Å². The molecule has 0 N–H and O–H groups in total. The van der Waals surface area contributed by atoms with Gasteiger partial charge in [-0.3, -0.25) is 10.1 Å². The Morgan fingerprint density at radius 3 is 2.61 bits per heavy atom. The molecule has 1 aliphatic rings. The Hall–Kier alpha value is -4.33. The van der Waals surface area contributed by atoms with Crippen LogP contribution in [0.4, 0.5) is 10.1 Å². The zero-order valence-electron chi connectivity index (χ0n) is 16.0. The van der Waals surface area contributed by atoms with Crippen molar-refractivity contribution in [1.29, 1.82) is 0 Å². The number of esters is 1. The van der Waals surface area contributed by atoms with Crippen molar-refractivity contribution in [2.45, 2.75) is 6.61 Å². The molecule has 0 aromatic heterocycles. The first-order valence-electron chi connectivity index (χ1n) is 9.23. The first kappa shape index (κ1) is 20.0. The van der Waals surface area contributed by atoms with Gasteiger partial charge in [0.05, 0.1) is 4.92 Å². The SMILES string of the molecule is O=C1OC(c2ccc(F)cc2)=N/C1=C\c1ccccc1OCc1cccc([N+](=O)[O-])c1. The second-order valence-corrected chi connectivity index (χ2v) is 6.60. The summed E-state index contributed by atoms with van der Waals surface area (Å²) in [6, 6.07) is 18.6. The van der Waals surface area contributed by atoms with Crippen LogP contribution in [0.25, 0.3) is 6.08 Å². The van der Waals surface area contributed by atoms with Gasteiger partial charge in [0.2, 0.25) is 5.90 Å². The number of aliphatic imine (C=N–C) groups is 1. The minimum atomic E-state index is -0.632. The summed E-state index contributed by atoms with van der Waals surface area (Å²) in [6.45, 7) is 0.108. The number of halogens is 1. The van der Waals surface area contributed by atoms with Gasteiger partial charge in [0.15, 0.2) is 5.70 Å². The average molecular weight is 418 g/mol. The second-order valence-electron chi connectivity index (χ2n) is 6.60. The molecule has 3 aromatic carbocycles. The summed E-state index contributed by atoms with van der Waals surface area (Å²) in [5, 5.41) is 10.9. The van der Waals surface area contributed by atoms with Gasteiger partial charge in [0, 0.05) is 23.3 Å². The second kappa shape index (κ2) is 8.58. The van der Waals surface area contributed by atoms with Crippen LogP contribution in [0, 0.1) is 15.9 Å². The van der Waals surface area contributed by atoms with Crippen LogP contribution in [0.1, 0.15) is 16.7 Å². The lowest BCUT2D eigenvalue weighted by atomic mass is 10.1. The highest BCUT2D eigenvalue weighted by Gasteiger charge is 2.24. The van der Waals surface area contributed by atoms with E-state index in [1.165, 1.54) is 42.5 Å². The van der Waals surface area contributed by atoms with Crippen molar-refractivity contribution in [1.82, 2.24) is 0 Å². The van der Waals surface area contributed by atoms with Gasteiger partial charge >= 0.3 is 5.97 Å². The number of ether oxygens (including phenoxy) is 2. The van der Waals surface area contributed by atoms with Crippen LogP contribution in [0.15, 0.2) is 83.5 Å². The summed E-state index contributed by atoms with van der Waals surface area (Å²) in [7, 11) is 0. The molecule has 3 aromatic rings. The normalized spacial score (nSPS) is 14.3. The molecule has 0 bridgehead atoms. The van der Waals surface area contributed by atoms with Crippen molar-refractivity contribution in [3.8, 4) is 5.75 Å². The van der Waals surface area contributed by atoms with Crippen LogP contribution in [-0.4, -0.2) is 16.8 Å². The van der Waals surface area contributed by atoms with Crippen molar-refractivity contribution in [3.63, 3.8) is 0 Å². The number of nitrogens with zero attached hydrogens (tertiary/aromatic N) is 2. The molecular weight excluding hydrogens is 403 g/mol. The number of para-hydroxylation sites is 1. The minimum Gasteiger partial charge on any atom is -0.488 e. The molecule has 8 heteroatoms. The van der Waals surface area contributed by atoms with E-state index in [-0.39, 0.29) is 23.9 Å². The number of benzene rings is 3. The zero-order chi connectivity index (χ0) is 21.8. The summed E-state index contributed by atoms with van der Waals surface area (Å²) in [5.41, 5.74) is 1.75. The van der Waals surface area contributed by atoms with Crippen LogP contribution in [0.3, 0.4) is 0 Å². The van der Waals surface area contributed by atoms with E-state index in [4.69, 9.17) is 9.47 Å². The van der Waals surface area contributed by atoms with Gasteiger partial charge in [-0.05, 0) is 42.0 Å². The molecule has 0 amide bonds. The van der Waals surface area contributed by atoms with Crippen LogP contribution in [-0.2, 0) is 16.1 Å². The molecule has 0 unspecified atom stereocenters. The molecule has 4 rings (SSSR count). The fourth-order valence-corrected chi connectivity index (χ4v) is 2.92. The van der Waals surface area contributed by atoms with E-state index in [0.29, 0.717) is 22.4 Å². The summed E-state index contributed by atoms with van der Waals surface area (Å²) in [6.07, 6.45) is 1.53. The first-order valence-corrected chi connectivity index (χ1v) is 9.23. The highest BCUT2D eigenvalue weighted by atomic mass is 19.1. The number of carbonyl (C=O) groups excluding carboxylic acids is 1. The van der Waals surface area contributed by atoms with E-state index >= 15 is 0 Å². The Morgan fingerprint density at radius 1 is 1.06 bits per heavy atom. The van der Waals surface area contributed by atoms with Gasteiger partial charge in [-0.25, -0.2) is 14.2 Å². The topological polar surface area (TPSA) is 91.0 Å². The number of hydrogen-bond acceptors (Lipinski definition) is 6. The smallest absolute Gasteiger partial charge is 0.363 e. The number of cyclic esters (lactones) is 1. The number of nitro benzene ring substituents is 1. The Kier molecular flexibility index (Phi) is 5.53. The van der Waals surface area contributed by atoms with E-state index in [0.717, 1.165) is 0 Å². The molecule has 0 saturated heterocycles. The van der Waals surface area contributed by atoms with Gasteiger partial charge < -0.3 is 9.47 Å². The van der Waals surface area contributed by atoms with Crippen LogP contribution < -0.4 is 4.74 Å². The van der Waals surface area contributed by atoms with E-state index in [1.54, 1.807) is 36.4 Å². The van der Waals surface area contributed by atoms with E-state index < -0.39 is 16.7 Å². The summed E-state index contributed by atoms with van der Waals surface area (Å²) < 4.78 is 24.1. The third kappa shape index (κ3) is 4.64. The van der Waals surface area contributed by atoms with Crippen molar-refractivity contribution >= 4 is 23.6 Å². The fraction of sp³-hybridized carbons (Fsp3) is 0.0435. The van der Waals surface area contributed by atoms with Gasteiger partial charge in [0.1, 0.15) is 18.2 Å². The van der Waals surface area contributed by atoms with Crippen LogP contribution in [0.5, 0.6) is 5.75 Å².